The Morgan fingerprint density at radius 2 is 1.00 bits per heavy atom. The molecule has 2 N–H and O–H groups in total. The van der Waals surface area contributed by atoms with E-state index in [4.69, 9.17) is 43.6 Å². The largest absolute Gasteiger partial charge is 0.490 e. The van der Waals surface area contributed by atoms with E-state index in [1.165, 1.54) is 0 Å². The van der Waals surface area contributed by atoms with Crippen LogP contribution in [-0.2, 0) is 28.4 Å². The number of benzene rings is 1. The van der Waals surface area contributed by atoms with Gasteiger partial charge in [0.2, 0.25) is 0 Å². The van der Waals surface area contributed by atoms with Crippen LogP contribution in [0.25, 0.3) is 0 Å². The van der Waals surface area contributed by atoms with Crippen molar-refractivity contribution in [1.29, 1.82) is 0 Å². The fourth-order valence-electron chi connectivity index (χ4n) is 2.14. The molecular formula is C20H34BrNO8. The Labute approximate surface area is 187 Å². The average molecular weight is 496 g/mol. The normalized spacial score (nSPS) is 11.0. The highest BCUT2D eigenvalue weighted by Gasteiger charge is 2.09. The third-order valence-corrected chi connectivity index (χ3v) is 4.26. The lowest BCUT2D eigenvalue weighted by Gasteiger charge is -2.14. The summed E-state index contributed by atoms with van der Waals surface area (Å²) in [5, 5.41) is 0. The molecule has 30 heavy (non-hydrogen) atoms. The number of anilines is 1. The number of nitrogens with two attached hydrogens (primary N) is 1. The molecule has 0 unspecified atom stereocenters. The molecule has 174 valence electrons. The van der Waals surface area contributed by atoms with E-state index in [0.717, 1.165) is 4.47 Å². The van der Waals surface area contributed by atoms with Gasteiger partial charge in [-0.25, -0.2) is 0 Å². The third kappa shape index (κ3) is 13.2. The molecule has 0 saturated heterocycles. The van der Waals surface area contributed by atoms with Crippen molar-refractivity contribution in [1.82, 2.24) is 0 Å². The molecule has 1 rings (SSSR count). The SMILES string of the molecule is COCCOCCOCCOc1cc(OCCOCCOCCOC)c(Br)cc1N. The predicted octanol–water partition coefficient (Wildman–Crippen LogP) is 2.15. The van der Waals surface area contributed by atoms with Crippen molar-refractivity contribution in [2.75, 3.05) is 99.2 Å². The Hall–Kier alpha value is -1.14. The minimum absolute atomic E-state index is 0.371. The maximum absolute atomic E-state index is 6.01. The Bertz CT molecular complexity index is 507. The van der Waals surface area contributed by atoms with Gasteiger partial charge in [0.05, 0.1) is 76.2 Å². The first kappa shape index (κ1) is 26.9. The van der Waals surface area contributed by atoms with Gasteiger partial charge in [0.15, 0.2) is 0 Å². The van der Waals surface area contributed by atoms with E-state index in [1.54, 1.807) is 26.4 Å². The molecule has 1 aromatic rings. The summed E-state index contributed by atoms with van der Waals surface area (Å²) in [6, 6.07) is 3.50. The summed E-state index contributed by atoms with van der Waals surface area (Å²) < 4.78 is 43.5. The summed E-state index contributed by atoms with van der Waals surface area (Å²) in [5.74, 6) is 1.17. The van der Waals surface area contributed by atoms with Gasteiger partial charge in [0, 0.05) is 20.3 Å². The van der Waals surface area contributed by atoms with Crippen molar-refractivity contribution in [3.8, 4) is 11.5 Å². The van der Waals surface area contributed by atoms with Gasteiger partial charge in [0.1, 0.15) is 24.7 Å². The van der Waals surface area contributed by atoms with Crippen LogP contribution in [0.1, 0.15) is 0 Å². The van der Waals surface area contributed by atoms with Crippen LogP contribution in [0.2, 0.25) is 0 Å². The van der Waals surface area contributed by atoms with E-state index < -0.39 is 0 Å². The molecule has 1 aromatic carbocycles. The van der Waals surface area contributed by atoms with Crippen molar-refractivity contribution >= 4 is 21.6 Å². The molecule has 0 aliphatic rings. The molecule has 0 spiro atoms. The second kappa shape index (κ2) is 18.6. The molecule has 0 radical (unpaired) electrons. The number of nitrogen functional groups attached to an aromatic ring is 1. The summed E-state index contributed by atoms with van der Waals surface area (Å²) in [6.45, 7) is 5.95. The van der Waals surface area contributed by atoms with Gasteiger partial charge in [-0.15, -0.1) is 0 Å². The van der Waals surface area contributed by atoms with Crippen LogP contribution in [0.4, 0.5) is 5.69 Å². The van der Waals surface area contributed by atoms with E-state index >= 15 is 0 Å². The monoisotopic (exact) mass is 495 g/mol. The predicted molar refractivity (Wildman–Crippen MR) is 117 cm³/mol. The molecule has 0 aliphatic carbocycles. The number of hydrogen-bond donors (Lipinski definition) is 1. The molecule has 0 heterocycles. The van der Waals surface area contributed by atoms with Crippen LogP contribution >= 0.6 is 15.9 Å². The van der Waals surface area contributed by atoms with Crippen LogP contribution in [0.3, 0.4) is 0 Å². The summed E-state index contributed by atoms with van der Waals surface area (Å²) >= 11 is 3.45. The molecule has 0 aromatic heterocycles. The minimum Gasteiger partial charge on any atom is -0.490 e. The first-order valence-electron chi connectivity index (χ1n) is 9.82. The number of halogens is 1. The number of ether oxygens (including phenoxy) is 8. The minimum atomic E-state index is 0.371. The third-order valence-electron chi connectivity index (χ3n) is 3.64. The highest BCUT2D eigenvalue weighted by atomic mass is 79.9. The van der Waals surface area contributed by atoms with Crippen LogP contribution in [0.5, 0.6) is 11.5 Å². The van der Waals surface area contributed by atoms with Gasteiger partial charge >= 0.3 is 0 Å². The Kier molecular flexibility index (Phi) is 16.7. The standard InChI is InChI=1S/C20H34BrNO8/c1-23-3-5-25-7-9-27-11-13-29-19-16-20(18(22)15-17(19)21)30-14-12-28-10-8-26-6-4-24-2/h15-16H,3-14,22H2,1-2H3. The summed E-state index contributed by atoms with van der Waals surface area (Å²) in [5.41, 5.74) is 6.53. The first-order chi connectivity index (χ1) is 14.7. The maximum atomic E-state index is 6.01. The fraction of sp³-hybridized carbons (Fsp3) is 0.700. The fourth-order valence-corrected chi connectivity index (χ4v) is 2.61. The molecule has 0 aliphatic heterocycles. The van der Waals surface area contributed by atoms with Crippen molar-refractivity contribution in [3.05, 3.63) is 16.6 Å². The Balaban J connectivity index is 2.19. The van der Waals surface area contributed by atoms with E-state index in [-0.39, 0.29) is 0 Å². The lowest BCUT2D eigenvalue weighted by atomic mass is 10.3. The molecule has 10 heteroatoms. The second-order valence-corrected chi connectivity index (χ2v) is 6.81. The van der Waals surface area contributed by atoms with Gasteiger partial charge in [-0.05, 0) is 22.0 Å². The Morgan fingerprint density at radius 3 is 1.47 bits per heavy atom. The van der Waals surface area contributed by atoms with Gasteiger partial charge in [0.25, 0.3) is 0 Å². The average Bonchev–Trinajstić information content (AvgIpc) is 2.73. The zero-order chi connectivity index (χ0) is 21.9. The highest BCUT2D eigenvalue weighted by molar-refractivity contribution is 9.10. The van der Waals surface area contributed by atoms with E-state index in [9.17, 15) is 0 Å². The van der Waals surface area contributed by atoms with Crippen molar-refractivity contribution < 1.29 is 37.9 Å². The molecule has 0 fully saturated rings. The number of methoxy groups -OCH3 is 2. The van der Waals surface area contributed by atoms with Crippen LogP contribution in [0.15, 0.2) is 16.6 Å². The maximum Gasteiger partial charge on any atom is 0.146 e. The molecule has 0 saturated carbocycles. The van der Waals surface area contributed by atoms with Crippen LogP contribution in [-0.4, -0.2) is 93.5 Å². The summed E-state index contributed by atoms with van der Waals surface area (Å²) in [6.07, 6.45) is 0. The van der Waals surface area contributed by atoms with Gasteiger partial charge in [-0.3, -0.25) is 0 Å². The first-order valence-corrected chi connectivity index (χ1v) is 10.6. The summed E-state index contributed by atoms with van der Waals surface area (Å²) in [4.78, 5) is 0. The van der Waals surface area contributed by atoms with Crippen molar-refractivity contribution in [2.45, 2.75) is 0 Å². The van der Waals surface area contributed by atoms with E-state index in [0.29, 0.717) is 96.5 Å². The lowest BCUT2D eigenvalue weighted by molar-refractivity contribution is 0.0174. The molecule has 0 bridgehead atoms. The Morgan fingerprint density at radius 1 is 0.600 bits per heavy atom. The second-order valence-electron chi connectivity index (χ2n) is 5.95. The smallest absolute Gasteiger partial charge is 0.146 e. The van der Waals surface area contributed by atoms with Gasteiger partial charge in [-0.1, -0.05) is 0 Å². The van der Waals surface area contributed by atoms with E-state index in [1.807, 2.05) is 0 Å². The van der Waals surface area contributed by atoms with Crippen molar-refractivity contribution in [2.24, 2.45) is 0 Å². The molecular weight excluding hydrogens is 462 g/mol. The molecule has 9 nitrogen and oxygen atoms in total. The number of rotatable bonds is 20. The van der Waals surface area contributed by atoms with Crippen LogP contribution < -0.4 is 15.2 Å². The number of hydrogen-bond acceptors (Lipinski definition) is 9. The topological polar surface area (TPSA) is 99.9 Å². The van der Waals surface area contributed by atoms with Gasteiger partial charge < -0.3 is 43.6 Å². The quantitative estimate of drug-likeness (QED) is 0.215. The van der Waals surface area contributed by atoms with Crippen LogP contribution in [0, 0.1) is 0 Å². The zero-order valence-corrected chi connectivity index (χ0v) is 19.4. The summed E-state index contributed by atoms with van der Waals surface area (Å²) in [7, 11) is 3.27. The van der Waals surface area contributed by atoms with Crippen molar-refractivity contribution in [3.63, 3.8) is 0 Å². The highest BCUT2D eigenvalue weighted by Crippen LogP contribution is 2.34. The van der Waals surface area contributed by atoms with Gasteiger partial charge in [-0.2, -0.15) is 0 Å². The van der Waals surface area contributed by atoms with E-state index in [2.05, 4.69) is 15.9 Å². The molecule has 0 amide bonds. The lowest BCUT2D eigenvalue weighted by Crippen LogP contribution is -2.13. The zero-order valence-electron chi connectivity index (χ0n) is 17.9. The molecule has 0 atom stereocenters.